The summed E-state index contributed by atoms with van der Waals surface area (Å²) in [5.41, 5.74) is 0. The van der Waals surface area contributed by atoms with Gasteiger partial charge in [0.05, 0.1) is 0 Å². The molecule has 0 bridgehead atoms. The summed E-state index contributed by atoms with van der Waals surface area (Å²) in [5.74, 6) is 0. The number of hydrogen-bond acceptors (Lipinski definition) is 0. The normalized spacial score (nSPS) is 26.0. The summed E-state index contributed by atoms with van der Waals surface area (Å²) >= 11 is -0.713. The van der Waals surface area contributed by atoms with Crippen LogP contribution in [0.3, 0.4) is 0 Å². The first kappa shape index (κ1) is 9.44. The van der Waals surface area contributed by atoms with E-state index in [1.807, 2.05) is 0 Å². The Morgan fingerprint density at radius 1 is 0.692 bits per heavy atom. The van der Waals surface area contributed by atoms with Gasteiger partial charge in [0.1, 0.15) is 0 Å². The van der Waals surface area contributed by atoms with Crippen LogP contribution in [0.1, 0.15) is 13.8 Å². The van der Waals surface area contributed by atoms with Crippen molar-refractivity contribution in [2.75, 3.05) is 0 Å². The molecule has 0 atom stereocenters. The fourth-order valence-electron chi connectivity index (χ4n) is 1.88. The maximum atomic E-state index is 2.38. The van der Waals surface area contributed by atoms with Gasteiger partial charge in [0.25, 0.3) is 0 Å². The second kappa shape index (κ2) is 3.23. The Morgan fingerprint density at radius 2 is 1.00 bits per heavy atom. The van der Waals surface area contributed by atoms with Crippen LogP contribution in [-0.4, -0.2) is 24.2 Å². The minimum atomic E-state index is -0.713. The van der Waals surface area contributed by atoms with Crippen LogP contribution in [0.4, 0.5) is 0 Å². The predicted molar refractivity (Wildman–Crippen MR) is 59.0 cm³/mol. The van der Waals surface area contributed by atoms with Crippen molar-refractivity contribution in [3.05, 3.63) is 48.6 Å². The van der Waals surface area contributed by atoms with Crippen LogP contribution in [0.15, 0.2) is 48.6 Å². The van der Waals surface area contributed by atoms with Gasteiger partial charge in [-0.2, -0.15) is 0 Å². The molecule has 0 fully saturated rings. The van der Waals surface area contributed by atoms with Gasteiger partial charge in [0, 0.05) is 0 Å². The molecule has 0 amide bonds. The molecule has 0 heterocycles. The van der Waals surface area contributed by atoms with Gasteiger partial charge in [-0.25, -0.2) is 0 Å². The van der Waals surface area contributed by atoms with E-state index in [1.165, 1.54) is 0 Å². The Kier molecular flexibility index (Phi) is 2.34. The van der Waals surface area contributed by atoms with Crippen LogP contribution in [0.5, 0.6) is 0 Å². The fourth-order valence-corrected chi connectivity index (χ4v) is 9.18. The summed E-state index contributed by atoms with van der Waals surface area (Å²) in [4.78, 5) is 0. The average molecular weight is 365 g/mol. The van der Waals surface area contributed by atoms with E-state index in [9.17, 15) is 0 Å². The van der Waals surface area contributed by atoms with Crippen molar-refractivity contribution < 1.29 is 0 Å². The van der Waals surface area contributed by atoms with Gasteiger partial charge < -0.3 is 0 Å². The first-order valence-electron chi connectivity index (χ1n) is 4.65. The molecule has 0 spiro atoms. The van der Waals surface area contributed by atoms with Crippen molar-refractivity contribution in [3.8, 4) is 0 Å². The molecule has 2 aliphatic rings. The second-order valence-corrected chi connectivity index (χ2v) is 13.5. The second-order valence-electron chi connectivity index (χ2n) is 4.13. The van der Waals surface area contributed by atoms with Gasteiger partial charge in [-0.15, -0.1) is 0 Å². The van der Waals surface area contributed by atoms with Gasteiger partial charge >= 0.3 is 92.6 Å². The Morgan fingerprint density at radius 3 is 1.31 bits per heavy atom. The summed E-state index contributed by atoms with van der Waals surface area (Å²) in [6.45, 7) is 4.75. The average Bonchev–Trinajstić information content (AvgIpc) is 2.60. The van der Waals surface area contributed by atoms with Crippen LogP contribution < -0.4 is 0 Å². The predicted octanol–water partition coefficient (Wildman–Crippen LogP) is 3.30. The number of hydrogen-bond donors (Lipinski definition) is 0. The summed E-state index contributed by atoms with van der Waals surface area (Å²) in [6.07, 6.45) is 18.3. The van der Waals surface area contributed by atoms with E-state index >= 15 is 0 Å². The molecule has 2 radical (unpaired) electrons. The molecular weight excluding hydrogens is 351 g/mol. The number of rotatable bonds is 2. The quantitative estimate of drug-likeness (QED) is 0.659. The Balaban J connectivity index is 2.14. The topological polar surface area (TPSA) is 0 Å². The van der Waals surface area contributed by atoms with Crippen molar-refractivity contribution in [1.82, 2.24) is 0 Å². The molecule has 0 aliphatic heterocycles. The third kappa shape index (κ3) is 2.03. The van der Waals surface area contributed by atoms with E-state index in [1.54, 1.807) is 0 Å². The fraction of sp³-hybridized carbons (Fsp3) is 0.333. The molecule has 0 saturated carbocycles. The molecule has 0 saturated heterocycles. The van der Waals surface area contributed by atoms with E-state index in [0.717, 1.165) is 0 Å². The third-order valence-corrected chi connectivity index (χ3v) is 9.31. The van der Waals surface area contributed by atoms with Crippen molar-refractivity contribution in [3.63, 3.8) is 0 Å². The van der Waals surface area contributed by atoms with Crippen LogP contribution in [0.25, 0.3) is 0 Å². The molecular formula is C12H14Pb. The van der Waals surface area contributed by atoms with E-state index in [4.69, 9.17) is 0 Å². The van der Waals surface area contributed by atoms with E-state index in [2.05, 4.69) is 62.5 Å². The summed E-state index contributed by atoms with van der Waals surface area (Å²) in [7, 11) is 0. The van der Waals surface area contributed by atoms with Crippen LogP contribution in [-0.2, 0) is 0 Å². The third-order valence-electron chi connectivity index (χ3n) is 2.53. The molecule has 0 nitrogen and oxygen atoms in total. The van der Waals surface area contributed by atoms with Crippen LogP contribution in [0.2, 0.25) is 5.95 Å². The maximum absolute atomic E-state index is 2.38. The minimum absolute atomic E-state index is 0.452. The van der Waals surface area contributed by atoms with E-state index in [-0.39, 0.29) is 0 Å². The first-order chi connectivity index (χ1) is 6.12. The molecule has 0 N–H and O–H groups in total. The van der Waals surface area contributed by atoms with Gasteiger partial charge in [-0.3, -0.25) is 0 Å². The molecule has 66 valence electrons. The molecule has 0 aromatic carbocycles. The SMILES string of the molecule is C[C]1([Pb][C]2(C)C=CC=C2)C=CC=C1. The zero-order valence-electron chi connectivity index (χ0n) is 8.12. The zero-order chi connectivity index (χ0) is 9.36. The van der Waals surface area contributed by atoms with Gasteiger partial charge in [0.15, 0.2) is 0 Å². The van der Waals surface area contributed by atoms with Gasteiger partial charge in [0.2, 0.25) is 0 Å². The van der Waals surface area contributed by atoms with Gasteiger partial charge in [-0.05, 0) is 0 Å². The van der Waals surface area contributed by atoms with Crippen molar-refractivity contribution >= 4 is 24.2 Å². The molecule has 2 aliphatic carbocycles. The van der Waals surface area contributed by atoms with Crippen molar-refractivity contribution in [1.29, 1.82) is 0 Å². The zero-order valence-corrected chi connectivity index (χ0v) is 12.0. The molecule has 0 aromatic rings. The first-order valence-corrected chi connectivity index (χ1v) is 8.54. The van der Waals surface area contributed by atoms with Gasteiger partial charge in [-0.1, -0.05) is 0 Å². The van der Waals surface area contributed by atoms with Crippen molar-refractivity contribution in [2.24, 2.45) is 0 Å². The Hall–Kier alpha value is -0.118. The van der Waals surface area contributed by atoms with E-state index in [0.29, 0.717) is 5.95 Å². The summed E-state index contributed by atoms with van der Waals surface area (Å²) in [5, 5.41) is 0. The van der Waals surface area contributed by atoms with Crippen LogP contribution in [0, 0.1) is 0 Å². The molecule has 0 aromatic heterocycles. The molecule has 1 heteroatoms. The Bertz CT molecular complexity index is 262. The monoisotopic (exact) mass is 366 g/mol. The number of allylic oxidation sites excluding steroid dienone is 8. The van der Waals surface area contributed by atoms with Crippen molar-refractivity contribution in [2.45, 2.75) is 19.8 Å². The molecule has 2 rings (SSSR count). The molecule has 13 heavy (non-hydrogen) atoms. The van der Waals surface area contributed by atoms with Crippen LogP contribution >= 0.6 is 0 Å². The standard InChI is InChI=1S/2C6H7.Pb/c2*1-6-4-2-3-5-6;/h2*2-5H,1H3;. The van der Waals surface area contributed by atoms with E-state index < -0.39 is 24.2 Å². The Labute approximate surface area is 92.3 Å². The molecule has 0 unspecified atom stereocenters. The summed E-state index contributed by atoms with van der Waals surface area (Å²) in [6, 6.07) is 0. The summed E-state index contributed by atoms with van der Waals surface area (Å²) < 4.78 is 0.904.